The Bertz CT molecular complexity index is 2100. The summed E-state index contributed by atoms with van der Waals surface area (Å²) in [4.78, 5) is 40.9. The smallest absolute Gasteiger partial charge is 0.412 e. The molecule has 3 aliphatic rings. The summed E-state index contributed by atoms with van der Waals surface area (Å²) >= 11 is 0.823. The number of amides is 2. The largest absolute Gasteiger partial charge is 0.463 e. The molecule has 13 nitrogen and oxygen atoms in total. The molecule has 262 valence electrons. The van der Waals surface area contributed by atoms with Gasteiger partial charge in [0.2, 0.25) is 5.91 Å². The maximum absolute atomic E-state index is 17.3. The summed E-state index contributed by atoms with van der Waals surface area (Å²) in [6.07, 6.45) is 2.56. The van der Waals surface area contributed by atoms with Gasteiger partial charge in [-0.25, -0.2) is 13.6 Å². The van der Waals surface area contributed by atoms with E-state index < -0.39 is 29.4 Å². The van der Waals surface area contributed by atoms with E-state index in [1.165, 1.54) is 0 Å². The number of nitriles is 1. The number of fused-ring (bicyclic) bond motifs is 4. The molecule has 2 aliphatic heterocycles. The number of benzene rings is 1. The van der Waals surface area contributed by atoms with Crippen LogP contribution in [0.15, 0.2) is 6.20 Å². The fourth-order valence-electron chi connectivity index (χ4n) is 6.59. The number of carbonyl (C=O) groups excluding carboxylic acids is 2. The number of rotatable bonds is 9. The summed E-state index contributed by atoms with van der Waals surface area (Å²) < 4.78 is 50.0. The molecule has 1 atom stereocenters. The van der Waals surface area contributed by atoms with E-state index in [9.17, 15) is 14.9 Å². The zero-order valence-electron chi connectivity index (χ0n) is 28.3. The van der Waals surface area contributed by atoms with Crippen LogP contribution in [0.25, 0.3) is 32.2 Å². The first-order valence-corrected chi connectivity index (χ1v) is 17.0. The van der Waals surface area contributed by atoms with Gasteiger partial charge < -0.3 is 29.7 Å². The molecule has 1 saturated heterocycles. The predicted octanol–water partition coefficient (Wildman–Crippen LogP) is 5.45. The molecule has 50 heavy (non-hydrogen) atoms. The molecule has 1 saturated carbocycles. The molecule has 0 unspecified atom stereocenters. The van der Waals surface area contributed by atoms with Crippen LogP contribution in [0.5, 0.6) is 6.01 Å². The molecule has 3 aromatic heterocycles. The Balaban J connectivity index is 1.40. The van der Waals surface area contributed by atoms with E-state index in [2.05, 4.69) is 35.8 Å². The van der Waals surface area contributed by atoms with E-state index in [0.29, 0.717) is 36.1 Å². The number of hydrogen-bond donors (Lipinski definition) is 3. The summed E-state index contributed by atoms with van der Waals surface area (Å²) in [7, 11) is 3.98. The lowest BCUT2D eigenvalue weighted by Gasteiger charge is -2.21. The Morgan fingerprint density at radius 1 is 1.22 bits per heavy atom. The van der Waals surface area contributed by atoms with Gasteiger partial charge in [-0.1, -0.05) is 0 Å². The lowest BCUT2D eigenvalue weighted by molar-refractivity contribution is -0.119. The van der Waals surface area contributed by atoms with Crippen molar-refractivity contribution in [2.45, 2.75) is 64.9 Å². The molecular weight excluding hydrogens is 670 g/mol. The second-order valence-corrected chi connectivity index (χ2v) is 15.2. The average molecular weight is 707 g/mol. The summed E-state index contributed by atoms with van der Waals surface area (Å²) in [5, 5.41) is 19.2. The minimum atomic E-state index is -0.833. The molecule has 4 aromatic rings. The fourth-order valence-corrected chi connectivity index (χ4v) is 7.63. The van der Waals surface area contributed by atoms with Gasteiger partial charge in [0.15, 0.2) is 11.6 Å². The minimum Gasteiger partial charge on any atom is -0.463 e. The van der Waals surface area contributed by atoms with Crippen LogP contribution in [0.1, 0.15) is 56.7 Å². The first-order valence-electron chi connectivity index (χ1n) is 16.2. The quantitative estimate of drug-likeness (QED) is 0.203. The summed E-state index contributed by atoms with van der Waals surface area (Å²) in [5.74, 6) is -1.53. The number of hydrogen-bond acceptors (Lipinski definition) is 12. The van der Waals surface area contributed by atoms with Crippen LogP contribution in [0.4, 0.5) is 24.4 Å². The molecule has 1 aliphatic carbocycles. The lowest BCUT2D eigenvalue weighted by Crippen LogP contribution is -2.30. The van der Waals surface area contributed by atoms with Crippen molar-refractivity contribution in [2.24, 2.45) is 5.41 Å². The summed E-state index contributed by atoms with van der Waals surface area (Å²) in [6.45, 7) is 6.72. The molecule has 0 bridgehead atoms. The van der Waals surface area contributed by atoms with Gasteiger partial charge in [-0.2, -0.15) is 15.2 Å². The van der Waals surface area contributed by atoms with Crippen molar-refractivity contribution in [3.63, 3.8) is 0 Å². The molecule has 0 radical (unpaired) electrons. The Labute approximate surface area is 290 Å². The molecule has 1 aromatic carbocycles. The van der Waals surface area contributed by atoms with Crippen LogP contribution in [-0.2, 0) is 27.5 Å². The molecule has 0 spiro atoms. The zero-order valence-corrected chi connectivity index (χ0v) is 29.1. The van der Waals surface area contributed by atoms with Crippen LogP contribution in [0.3, 0.4) is 0 Å². The van der Waals surface area contributed by atoms with Gasteiger partial charge >= 0.3 is 12.1 Å². The highest BCUT2D eigenvalue weighted by Crippen LogP contribution is 2.48. The van der Waals surface area contributed by atoms with Crippen LogP contribution in [-0.4, -0.2) is 77.3 Å². The average Bonchev–Trinajstić information content (AvgIpc) is 3.32. The highest BCUT2D eigenvalue weighted by Gasteiger charge is 2.44. The number of halogens is 2. The van der Waals surface area contributed by atoms with Gasteiger partial charge in [0.1, 0.15) is 34.0 Å². The first kappa shape index (κ1) is 33.8. The Morgan fingerprint density at radius 3 is 2.64 bits per heavy atom. The van der Waals surface area contributed by atoms with Crippen molar-refractivity contribution < 1.29 is 32.6 Å². The van der Waals surface area contributed by atoms with Crippen LogP contribution < -0.4 is 20.7 Å². The van der Waals surface area contributed by atoms with Gasteiger partial charge in [-0.05, 0) is 65.3 Å². The van der Waals surface area contributed by atoms with Crippen LogP contribution in [0.2, 0.25) is 0 Å². The third-order valence-electron chi connectivity index (χ3n) is 8.88. The van der Waals surface area contributed by atoms with Crippen molar-refractivity contribution in [1.82, 2.24) is 25.2 Å². The Hall–Kier alpha value is -4.72. The number of aromatic nitrogens is 3. The van der Waals surface area contributed by atoms with E-state index in [4.69, 9.17) is 14.2 Å². The van der Waals surface area contributed by atoms with Crippen LogP contribution >= 0.6 is 11.3 Å². The number of nitrogens with one attached hydrogen (secondary N) is 3. The highest BCUT2D eigenvalue weighted by molar-refractivity contribution is 7.23. The number of ether oxygens (including phenoxy) is 3. The molecule has 16 heteroatoms. The van der Waals surface area contributed by atoms with Crippen molar-refractivity contribution in [3.05, 3.63) is 34.5 Å². The predicted molar refractivity (Wildman–Crippen MR) is 182 cm³/mol. The maximum atomic E-state index is 17.3. The third-order valence-corrected chi connectivity index (χ3v) is 10.00. The SMILES string of the molecule is CN(C)CC1(COc2nc(N[C@@H]3CCNC3=O)c3c4c(c(-c5ncc(F)c6sc(NC(=O)OC(C)(C)C)c(C#N)c56)c(F)c3n2)COC4)CC1. The highest BCUT2D eigenvalue weighted by atomic mass is 32.1. The number of anilines is 2. The molecule has 2 fully saturated rings. The zero-order chi connectivity index (χ0) is 35.5. The second kappa shape index (κ2) is 12.6. The van der Waals surface area contributed by atoms with Gasteiger partial charge in [0.05, 0.1) is 47.4 Å². The minimum absolute atomic E-state index is 0.00158. The summed E-state index contributed by atoms with van der Waals surface area (Å²) in [5.41, 5.74) is -0.144. The van der Waals surface area contributed by atoms with E-state index >= 15 is 8.78 Å². The van der Waals surface area contributed by atoms with Crippen molar-refractivity contribution in [3.8, 4) is 23.3 Å². The van der Waals surface area contributed by atoms with Crippen molar-refractivity contribution >= 4 is 55.1 Å². The molecular formula is C34H36F2N8O5S. The van der Waals surface area contributed by atoms with Gasteiger partial charge in [0, 0.05) is 29.5 Å². The molecule has 7 rings (SSSR count). The Morgan fingerprint density at radius 2 is 1.98 bits per heavy atom. The van der Waals surface area contributed by atoms with Crippen molar-refractivity contribution in [1.29, 1.82) is 5.26 Å². The van der Waals surface area contributed by atoms with Gasteiger partial charge in [-0.3, -0.25) is 15.1 Å². The van der Waals surface area contributed by atoms with E-state index in [-0.39, 0.29) is 73.8 Å². The number of nitrogens with zero attached hydrogens (tertiary/aromatic N) is 5. The monoisotopic (exact) mass is 706 g/mol. The maximum Gasteiger partial charge on any atom is 0.412 e. The number of pyridine rings is 1. The fraction of sp³-hybridized carbons (Fsp3) is 0.471. The normalized spacial score (nSPS) is 17.9. The third kappa shape index (κ3) is 6.25. The number of carbonyl (C=O) groups is 2. The van der Waals surface area contributed by atoms with Gasteiger partial charge in [0.25, 0.3) is 0 Å². The Kier molecular flexibility index (Phi) is 8.48. The second-order valence-electron chi connectivity index (χ2n) is 14.2. The molecule has 5 heterocycles. The van der Waals surface area contributed by atoms with Crippen LogP contribution in [0, 0.1) is 28.4 Å². The topological polar surface area (TPSA) is 164 Å². The molecule has 3 N–H and O–H groups in total. The standard InChI is InChI=1S/C34H36F2N8O5S/c1-33(2,3)49-32(46)43-30-16(10-37)22-25(39-11-19(35)27(22)50-30)21-17-12-47-13-18(17)23-26(24(21)36)41-31(48-15-34(7-8-34)14-44(4)5)42-28(23)40-20-6-9-38-29(20)45/h11,20H,6-9,12-15H2,1-5H3,(H,38,45)(H,43,46)(H,40,41,42)/t20-/m1/s1. The van der Waals surface area contributed by atoms with E-state index in [0.717, 1.165) is 36.9 Å². The summed E-state index contributed by atoms with van der Waals surface area (Å²) in [6, 6.07) is 1.37. The van der Waals surface area contributed by atoms with E-state index in [1.54, 1.807) is 20.8 Å². The molecule has 2 amide bonds. The van der Waals surface area contributed by atoms with Gasteiger partial charge in [-0.15, -0.1) is 11.3 Å². The van der Waals surface area contributed by atoms with Crippen molar-refractivity contribution in [2.75, 3.05) is 44.4 Å². The van der Waals surface area contributed by atoms with E-state index in [1.807, 2.05) is 20.2 Å². The first-order chi connectivity index (χ1) is 23.8. The number of thiophene rings is 1. The lowest BCUT2D eigenvalue weighted by atomic mass is 9.93.